The molecule has 4 nitrogen and oxygen atoms in total. The van der Waals surface area contributed by atoms with Crippen LogP contribution in [-0.2, 0) is 0 Å². The highest BCUT2D eigenvalue weighted by Crippen LogP contribution is 2.20. The van der Waals surface area contributed by atoms with Crippen molar-refractivity contribution >= 4 is 24.0 Å². The minimum absolute atomic E-state index is 0. The molecule has 0 radical (unpaired) electrons. The van der Waals surface area contributed by atoms with E-state index in [9.17, 15) is 0 Å². The summed E-state index contributed by atoms with van der Waals surface area (Å²) in [5.41, 5.74) is 6.66. The molecule has 5 heteroatoms. The fraction of sp³-hybridized carbons (Fsp3) is 0.231. The van der Waals surface area contributed by atoms with Gasteiger partial charge in [-0.15, -0.1) is 12.4 Å². The summed E-state index contributed by atoms with van der Waals surface area (Å²) in [7, 11) is 0. The van der Waals surface area contributed by atoms with Crippen LogP contribution in [0.15, 0.2) is 48.8 Å². The van der Waals surface area contributed by atoms with Gasteiger partial charge in [0.15, 0.2) is 0 Å². The number of anilines is 2. The third-order valence-corrected chi connectivity index (χ3v) is 2.45. The van der Waals surface area contributed by atoms with Crippen LogP contribution in [-0.4, -0.2) is 23.1 Å². The van der Waals surface area contributed by atoms with Gasteiger partial charge in [-0.2, -0.15) is 0 Å². The van der Waals surface area contributed by atoms with Crippen molar-refractivity contribution in [2.24, 2.45) is 5.73 Å². The molecule has 0 aliphatic carbocycles. The summed E-state index contributed by atoms with van der Waals surface area (Å²) in [6.07, 6.45) is 4.41. The molecule has 1 aromatic carbocycles. The summed E-state index contributed by atoms with van der Waals surface area (Å²) >= 11 is 0. The highest BCUT2D eigenvalue weighted by atomic mass is 35.5. The third-order valence-electron chi connectivity index (χ3n) is 2.45. The number of para-hydroxylation sites is 1. The molecule has 2 rings (SSSR count). The summed E-state index contributed by atoms with van der Waals surface area (Å²) in [5.74, 6) is 0.715. The van der Waals surface area contributed by atoms with Gasteiger partial charge in [0.05, 0.1) is 0 Å². The van der Waals surface area contributed by atoms with Gasteiger partial charge in [-0.25, -0.2) is 9.97 Å². The number of nitrogens with two attached hydrogens (primary N) is 1. The highest BCUT2D eigenvalue weighted by molar-refractivity contribution is 5.85. The van der Waals surface area contributed by atoms with Crippen molar-refractivity contribution in [3.05, 3.63) is 48.8 Å². The van der Waals surface area contributed by atoms with E-state index in [1.54, 1.807) is 12.4 Å². The van der Waals surface area contributed by atoms with Crippen molar-refractivity contribution in [3.63, 3.8) is 0 Å². The van der Waals surface area contributed by atoms with Crippen molar-refractivity contribution in [3.8, 4) is 0 Å². The van der Waals surface area contributed by atoms with Gasteiger partial charge in [0.2, 0.25) is 5.95 Å². The van der Waals surface area contributed by atoms with Crippen molar-refractivity contribution < 1.29 is 0 Å². The smallest absolute Gasteiger partial charge is 0.229 e. The first-order chi connectivity index (χ1) is 8.42. The van der Waals surface area contributed by atoms with Crippen molar-refractivity contribution in [2.45, 2.75) is 6.42 Å². The van der Waals surface area contributed by atoms with Gasteiger partial charge >= 0.3 is 0 Å². The first-order valence-electron chi connectivity index (χ1n) is 5.71. The Morgan fingerprint density at radius 3 is 2.28 bits per heavy atom. The van der Waals surface area contributed by atoms with Gasteiger partial charge in [-0.1, -0.05) is 18.2 Å². The number of halogens is 1. The Morgan fingerprint density at radius 1 is 1.00 bits per heavy atom. The van der Waals surface area contributed by atoms with Gasteiger partial charge in [0.25, 0.3) is 0 Å². The normalized spacial score (nSPS) is 9.61. The quantitative estimate of drug-likeness (QED) is 0.901. The van der Waals surface area contributed by atoms with E-state index in [2.05, 4.69) is 14.9 Å². The maximum absolute atomic E-state index is 5.57. The second-order valence-electron chi connectivity index (χ2n) is 3.68. The summed E-state index contributed by atoms with van der Waals surface area (Å²) in [4.78, 5) is 10.6. The maximum Gasteiger partial charge on any atom is 0.229 e. The Kier molecular flexibility index (Phi) is 6.11. The number of rotatable bonds is 5. The highest BCUT2D eigenvalue weighted by Gasteiger charge is 2.10. The van der Waals surface area contributed by atoms with Crippen LogP contribution >= 0.6 is 12.4 Å². The van der Waals surface area contributed by atoms with E-state index in [0.29, 0.717) is 12.5 Å². The molecule has 0 fully saturated rings. The van der Waals surface area contributed by atoms with E-state index < -0.39 is 0 Å². The molecule has 0 unspecified atom stereocenters. The first-order valence-corrected chi connectivity index (χ1v) is 5.71. The number of aromatic nitrogens is 2. The molecule has 0 aliphatic heterocycles. The zero-order valence-corrected chi connectivity index (χ0v) is 10.9. The molecule has 0 saturated heterocycles. The molecule has 2 N–H and O–H groups in total. The lowest BCUT2D eigenvalue weighted by atomic mass is 10.3. The minimum Gasteiger partial charge on any atom is -0.330 e. The Morgan fingerprint density at radius 2 is 1.67 bits per heavy atom. The molecular formula is C13H17ClN4. The second kappa shape index (κ2) is 7.63. The molecule has 0 aliphatic rings. The zero-order chi connectivity index (χ0) is 11.9. The summed E-state index contributed by atoms with van der Waals surface area (Å²) in [5, 5.41) is 0. The van der Waals surface area contributed by atoms with Crippen LogP contribution in [0, 0.1) is 0 Å². The number of hydrogen-bond donors (Lipinski definition) is 1. The summed E-state index contributed by atoms with van der Waals surface area (Å²) < 4.78 is 0. The Labute approximate surface area is 113 Å². The van der Waals surface area contributed by atoms with Gasteiger partial charge in [0, 0.05) is 24.6 Å². The fourth-order valence-corrected chi connectivity index (χ4v) is 1.63. The van der Waals surface area contributed by atoms with Crippen LogP contribution < -0.4 is 10.6 Å². The summed E-state index contributed by atoms with van der Waals surface area (Å²) in [6, 6.07) is 11.9. The molecule has 96 valence electrons. The third kappa shape index (κ3) is 3.68. The van der Waals surface area contributed by atoms with Crippen LogP contribution in [0.25, 0.3) is 0 Å². The van der Waals surface area contributed by atoms with Gasteiger partial charge < -0.3 is 10.6 Å². The molecule has 1 heterocycles. The van der Waals surface area contributed by atoms with E-state index in [1.807, 2.05) is 36.4 Å². The van der Waals surface area contributed by atoms with Gasteiger partial charge in [0.1, 0.15) is 0 Å². The van der Waals surface area contributed by atoms with E-state index in [1.165, 1.54) is 0 Å². The number of benzene rings is 1. The predicted molar refractivity (Wildman–Crippen MR) is 76.4 cm³/mol. The minimum atomic E-state index is 0. The second-order valence-corrected chi connectivity index (χ2v) is 3.68. The standard InChI is InChI=1S/C13H16N4.ClH/c14-8-4-11-17(12-6-2-1-3-7-12)13-15-9-5-10-16-13;/h1-3,5-7,9-10H,4,8,11,14H2;1H. The van der Waals surface area contributed by atoms with E-state index >= 15 is 0 Å². The van der Waals surface area contributed by atoms with Crippen molar-refractivity contribution in [1.29, 1.82) is 0 Å². The molecule has 18 heavy (non-hydrogen) atoms. The predicted octanol–water partition coefficient (Wildman–Crippen LogP) is 2.39. The average Bonchev–Trinajstić information content (AvgIpc) is 2.42. The van der Waals surface area contributed by atoms with Crippen LogP contribution in [0.3, 0.4) is 0 Å². The Bertz CT molecular complexity index is 396. The van der Waals surface area contributed by atoms with E-state index in [-0.39, 0.29) is 12.4 Å². The molecule has 0 atom stereocenters. The fourth-order valence-electron chi connectivity index (χ4n) is 1.63. The number of hydrogen-bond acceptors (Lipinski definition) is 4. The van der Waals surface area contributed by atoms with E-state index in [4.69, 9.17) is 5.73 Å². The zero-order valence-electron chi connectivity index (χ0n) is 10.1. The van der Waals surface area contributed by atoms with Gasteiger partial charge in [-0.05, 0) is 31.2 Å². The van der Waals surface area contributed by atoms with Crippen LogP contribution in [0.2, 0.25) is 0 Å². The molecule has 2 aromatic rings. The van der Waals surface area contributed by atoms with E-state index in [0.717, 1.165) is 18.7 Å². The van der Waals surface area contributed by atoms with Gasteiger partial charge in [-0.3, -0.25) is 0 Å². The lowest BCUT2D eigenvalue weighted by Gasteiger charge is -2.22. The molecule has 0 bridgehead atoms. The van der Waals surface area contributed by atoms with Crippen molar-refractivity contribution in [1.82, 2.24) is 9.97 Å². The summed E-state index contributed by atoms with van der Waals surface area (Å²) in [6.45, 7) is 1.49. The average molecular weight is 265 g/mol. The van der Waals surface area contributed by atoms with Crippen molar-refractivity contribution in [2.75, 3.05) is 18.0 Å². The first kappa shape index (κ1) is 14.4. The van der Waals surface area contributed by atoms with Crippen LogP contribution in [0.5, 0.6) is 0 Å². The Balaban J connectivity index is 0.00000162. The maximum atomic E-state index is 5.57. The molecule has 1 aromatic heterocycles. The molecular weight excluding hydrogens is 248 g/mol. The molecule has 0 spiro atoms. The lowest BCUT2D eigenvalue weighted by molar-refractivity contribution is 0.799. The Hall–Kier alpha value is -1.65. The largest absolute Gasteiger partial charge is 0.330 e. The van der Waals surface area contributed by atoms with Crippen LogP contribution in [0.1, 0.15) is 6.42 Å². The molecule has 0 amide bonds. The number of nitrogens with zero attached hydrogens (tertiary/aromatic N) is 3. The topological polar surface area (TPSA) is 55.0 Å². The monoisotopic (exact) mass is 264 g/mol. The van der Waals surface area contributed by atoms with Crippen LogP contribution in [0.4, 0.5) is 11.6 Å². The SMILES string of the molecule is Cl.NCCCN(c1ccccc1)c1ncccn1. The molecule has 0 saturated carbocycles. The lowest BCUT2D eigenvalue weighted by Crippen LogP contribution is -2.22.